The molecule has 0 bridgehead atoms. The molecule has 0 atom stereocenters. The minimum Gasteiger partial charge on any atom is -0.302 e. The van der Waals surface area contributed by atoms with Gasteiger partial charge in [-0.2, -0.15) is 0 Å². The van der Waals surface area contributed by atoms with Crippen LogP contribution in [0.4, 0.5) is 0 Å². The quantitative estimate of drug-likeness (QED) is 0.542. The second-order valence-electron chi connectivity index (χ2n) is 6.37. The zero-order valence-corrected chi connectivity index (χ0v) is 15.1. The monoisotopic (exact) mass is 339 g/mol. The first kappa shape index (κ1) is 15.6. The van der Waals surface area contributed by atoms with Gasteiger partial charge in [-0.05, 0) is 31.7 Å². The lowest BCUT2D eigenvalue weighted by molar-refractivity contribution is 0.238. The number of aryl methyl sites for hydroxylation is 2. The maximum atomic E-state index is 4.70. The highest BCUT2D eigenvalue weighted by molar-refractivity contribution is 7.98. The number of thioether (sulfide) groups is 1. The Hall–Kier alpha value is -1.92. The van der Waals surface area contributed by atoms with Crippen molar-refractivity contribution in [3.05, 3.63) is 52.7 Å². The van der Waals surface area contributed by atoms with Crippen LogP contribution < -0.4 is 0 Å². The molecular formula is C18H21N5S. The second-order valence-corrected chi connectivity index (χ2v) is 7.14. The molecule has 0 unspecified atom stereocenters. The highest BCUT2D eigenvalue weighted by Crippen LogP contribution is 2.22. The number of hydrogen-bond acceptors (Lipinski definition) is 5. The van der Waals surface area contributed by atoms with Crippen LogP contribution in [0.25, 0.3) is 5.65 Å². The Morgan fingerprint density at radius 2 is 2.08 bits per heavy atom. The fraction of sp³-hybridized carbons (Fsp3) is 0.389. The Kier molecular flexibility index (Phi) is 4.02. The summed E-state index contributed by atoms with van der Waals surface area (Å²) in [5, 5.41) is 0.871. The summed E-state index contributed by atoms with van der Waals surface area (Å²) in [4.78, 5) is 16.2. The summed E-state index contributed by atoms with van der Waals surface area (Å²) in [6, 6.07) is 4.21. The van der Waals surface area contributed by atoms with Crippen LogP contribution in [0.5, 0.6) is 0 Å². The zero-order chi connectivity index (χ0) is 16.7. The molecule has 5 nitrogen and oxygen atoms in total. The number of fused-ring (bicyclic) bond motifs is 2. The molecule has 124 valence electrons. The first-order valence-corrected chi connectivity index (χ1v) is 9.42. The standard InChI is InChI=1S/C18H21N5S/c1-12-4-5-17-20-13(2)16(23(17)9-12)11-22-7-6-15-14(10-22)8-19-18(21-15)24-3/h4-5,8-9H,6-7,10-11H2,1-3H3. The molecule has 0 saturated carbocycles. The first-order chi connectivity index (χ1) is 11.6. The van der Waals surface area contributed by atoms with Crippen molar-refractivity contribution in [2.75, 3.05) is 12.8 Å². The van der Waals surface area contributed by atoms with Gasteiger partial charge in [0.25, 0.3) is 0 Å². The van der Waals surface area contributed by atoms with Crippen molar-refractivity contribution in [3.63, 3.8) is 0 Å². The fourth-order valence-electron chi connectivity index (χ4n) is 3.31. The summed E-state index contributed by atoms with van der Waals surface area (Å²) in [5.74, 6) is 0. The molecule has 6 heteroatoms. The van der Waals surface area contributed by atoms with Crippen molar-refractivity contribution in [3.8, 4) is 0 Å². The largest absolute Gasteiger partial charge is 0.302 e. The third-order valence-electron chi connectivity index (χ3n) is 4.61. The predicted octanol–water partition coefficient (Wildman–Crippen LogP) is 3.02. The van der Waals surface area contributed by atoms with Crippen molar-refractivity contribution in [1.82, 2.24) is 24.3 Å². The summed E-state index contributed by atoms with van der Waals surface area (Å²) < 4.78 is 2.23. The van der Waals surface area contributed by atoms with Crippen LogP contribution in [-0.4, -0.2) is 37.1 Å². The normalized spacial score (nSPS) is 15.0. The molecule has 0 N–H and O–H groups in total. The molecule has 0 spiro atoms. The van der Waals surface area contributed by atoms with Gasteiger partial charge < -0.3 is 4.40 Å². The van der Waals surface area contributed by atoms with Crippen LogP contribution in [0.2, 0.25) is 0 Å². The number of hydrogen-bond donors (Lipinski definition) is 0. The molecule has 0 radical (unpaired) electrons. The molecule has 1 aliphatic heterocycles. The molecule has 0 saturated heterocycles. The van der Waals surface area contributed by atoms with Gasteiger partial charge in [-0.1, -0.05) is 17.8 Å². The summed E-state index contributed by atoms with van der Waals surface area (Å²) in [5.41, 5.74) is 7.12. The summed E-state index contributed by atoms with van der Waals surface area (Å²) in [7, 11) is 0. The van der Waals surface area contributed by atoms with Gasteiger partial charge in [0, 0.05) is 44.0 Å². The summed E-state index contributed by atoms with van der Waals surface area (Å²) in [6.45, 7) is 7.05. The Morgan fingerprint density at radius 3 is 2.92 bits per heavy atom. The van der Waals surface area contributed by atoms with Gasteiger partial charge in [-0.15, -0.1) is 0 Å². The van der Waals surface area contributed by atoms with Crippen LogP contribution in [0.1, 0.15) is 28.2 Å². The van der Waals surface area contributed by atoms with Crippen molar-refractivity contribution in [1.29, 1.82) is 0 Å². The van der Waals surface area contributed by atoms with E-state index >= 15 is 0 Å². The van der Waals surface area contributed by atoms with Gasteiger partial charge in [0.2, 0.25) is 0 Å². The lowest BCUT2D eigenvalue weighted by Gasteiger charge is -2.28. The molecule has 4 heterocycles. The summed E-state index contributed by atoms with van der Waals surface area (Å²) in [6.07, 6.45) is 7.18. The number of aromatic nitrogens is 4. The van der Waals surface area contributed by atoms with E-state index in [9.17, 15) is 0 Å². The molecule has 4 rings (SSSR count). The van der Waals surface area contributed by atoms with Crippen LogP contribution >= 0.6 is 11.8 Å². The van der Waals surface area contributed by atoms with E-state index in [0.717, 1.165) is 42.6 Å². The van der Waals surface area contributed by atoms with E-state index < -0.39 is 0 Å². The molecule has 0 aromatic carbocycles. The number of imidazole rings is 1. The average Bonchev–Trinajstić information content (AvgIpc) is 2.89. The van der Waals surface area contributed by atoms with Crippen molar-refractivity contribution in [2.24, 2.45) is 0 Å². The molecule has 0 aliphatic carbocycles. The molecule has 3 aromatic rings. The van der Waals surface area contributed by atoms with Gasteiger partial charge in [0.1, 0.15) is 5.65 Å². The first-order valence-electron chi connectivity index (χ1n) is 8.19. The second kappa shape index (κ2) is 6.18. The van der Waals surface area contributed by atoms with E-state index in [1.807, 2.05) is 12.5 Å². The van der Waals surface area contributed by atoms with E-state index in [4.69, 9.17) is 4.98 Å². The van der Waals surface area contributed by atoms with Crippen LogP contribution in [-0.2, 0) is 19.5 Å². The third-order valence-corrected chi connectivity index (χ3v) is 5.17. The van der Waals surface area contributed by atoms with Crippen molar-refractivity contribution in [2.45, 2.75) is 38.5 Å². The Balaban J connectivity index is 1.60. The van der Waals surface area contributed by atoms with Gasteiger partial charge in [0.05, 0.1) is 17.1 Å². The lowest BCUT2D eigenvalue weighted by Crippen LogP contribution is -2.31. The minimum atomic E-state index is 0.871. The number of rotatable bonds is 3. The molecular weight excluding hydrogens is 318 g/mol. The molecule has 1 aliphatic rings. The fourth-order valence-corrected chi connectivity index (χ4v) is 3.67. The molecule has 0 fully saturated rings. The van der Waals surface area contributed by atoms with Gasteiger partial charge >= 0.3 is 0 Å². The maximum absolute atomic E-state index is 4.70. The smallest absolute Gasteiger partial charge is 0.187 e. The molecule has 3 aromatic heterocycles. The Morgan fingerprint density at radius 1 is 1.21 bits per heavy atom. The predicted molar refractivity (Wildman–Crippen MR) is 96.3 cm³/mol. The van der Waals surface area contributed by atoms with Crippen LogP contribution in [0, 0.1) is 13.8 Å². The molecule has 0 amide bonds. The van der Waals surface area contributed by atoms with E-state index in [1.165, 1.54) is 22.5 Å². The van der Waals surface area contributed by atoms with E-state index in [-0.39, 0.29) is 0 Å². The SMILES string of the molecule is CSc1ncc2c(n1)CCN(Cc1c(C)nc3ccc(C)cn13)C2. The van der Waals surface area contributed by atoms with Gasteiger partial charge in [-0.25, -0.2) is 15.0 Å². The van der Waals surface area contributed by atoms with E-state index in [2.05, 4.69) is 51.4 Å². The Bertz CT molecular complexity index is 902. The van der Waals surface area contributed by atoms with E-state index in [0.29, 0.717) is 0 Å². The van der Waals surface area contributed by atoms with Gasteiger partial charge in [-0.3, -0.25) is 4.90 Å². The zero-order valence-electron chi connectivity index (χ0n) is 14.3. The van der Waals surface area contributed by atoms with Gasteiger partial charge in [0.15, 0.2) is 5.16 Å². The maximum Gasteiger partial charge on any atom is 0.187 e. The minimum absolute atomic E-state index is 0.871. The summed E-state index contributed by atoms with van der Waals surface area (Å²) >= 11 is 1.60. The van der Waals surface area contributed by atoms with Crippen LogP contribution in [0.15, 0.2) is 29.7 Å². The topological polar surface area (TPSA) is 46.3 Å². The Labute approximate surface area is 146 Å². The van der Waals surface area contributed by atoms with Crippen molar-refractivity contribution >= 4 is 17.4 Å². The highest BCUT2D eigenvalue weighted by atomic mass is 32.2. The number of pyridine rings is 1. The van der Waals surface area contributed by atoms with E-state index in [1.54, 1.807) is 11.8 Å². The molecule has 24 heavy (non-hydrogen) atoms. The van der Waals surface area contributed by atoms with Crippen molar-refractivity contribution < 1.29 is 0 Å². The lowest BCUT2D eigenvalue weighted by atomic mass is 10.1. The third kappa shape index (κ3) is 2.80. The average molecular weight is 339 g/mol. The van der Waals surface area contributed by atoms with Crippen LogP contribution in [0.3, 0.4) is 0 Å². The highest BCUT2D eigenvalue weighted by Gasteiger charge is 2.20. The number of nitrogens with zero attached hydrogens (tertiary/aromatic N) is 5.